The number of carbonyl (C=O) groups excluding carboxylic acids is 2. The zero-order valence-corrected chi connectivity index (χ0v) is 22.6. The van der Waals surface area contributed by atoms with Gasteiger partial charge in [0.1, 0.15) is 12.1 Å². The Morgan fingerprint density at radius 3 is 2.26 bits per heavy atom. The molecule has 4 rings (SSSR count). The molecule has 1 heterocycles. The van der Waals surface area contributed by atoms with Crippen LogP contribution in [0.4, 0.5) is 4.79 Å². The van der Waals surface area contributed by atoms with Gasteiger partial charge in [0.2, 0.25) is 5.91 Å². The van der Waals surface area contributed by atoms with Crippen molar-refractivity contribution in [2.75, 3.05) is 13.1 Å². The van der Waals surface area contributed by atoms with Gasteiger partial charge in [-0.25, -0.2) is 4.79 Å². The van der Waals surface area contributed by atoms with Crippen LogP contribution in [0.3, 0.4) is 0 Å². The highest BCUT2D eigenvalue weighted by Crippen LogP contribution is 2.16. The second-order valence-electron chi connectivity index (χ2n) is 9.74. The molecule has 202 valence electrons. The predicted molar refractivity (Wildman–Crippen MR) is 153 cm³/mol. The van der Waals surface area contributed by atoms with Crippen molar-refractivity contribution in [1.29, 1.82) is 0 Å². The zero-order chi connectivity index (χ0) is 27.6. The summed E-state index contributed by atoms with van der Waals surface area (Å²) in [5, 5.41) is 3.43. The monoisotopic (exact) mass is 525 g/mol. The van der Waals surface area contributed by atoms with Gasteiger partial charge in [0.25, 0.3) is 0 Å². The number of aryl methyl sites for hydroxylation is 1. The van der Waals surface area contributed by atoms with Crippen LogP contribution in [-0.2, 0) is 24.4 Å². The molecule has 0 spiro atoms. The van der Waals surface area contributed by atoms with Crippen LogP contribution >= 0.6 is 0 Å². The van der Waals surface area contributed by atoms with Gasteiger partial charge >= 0.3 is 6.03 Å². The van der Waals surface area contributed by atoms with Gasteiger partial charge in [-0.15, -0.1) is 0 Å². The SMILES string of the molecule is CCCCN(CC(=O)N(Cc1ccccc1)Cc1coc2ccc(C)cc2c1=O)C(=O)NCc1ccccc1. The first-order valence-corrected chi connectivity index (χ1v) is 13.3. The Bertz CT molecular complexity index is 1450. The molecule has 0 saturated heterocycles. The highest BCUT2D eigenvalue weighted by Gasteiger charge is 2.23. The first-order valence-electron chi connectivity index (χ1n) is 13.3. The second kappa shape index (κ2) is 13.4. The van der Waals surface area contributed by atoms with Crippen molar-refractivity contribution in [3.63, 3.8) is 0 Å². The molecule has 0 aliphatic rings. The smallest absolute Gasteiger partial charge is 0.318 e. The van der Waals surface area contributed by atoms with E-state index >= 15 is 0 Å². The number of nitrogens with zero attached hydrogens (tertiary/aromatic N) is 2. The molecule has 0 atom stereocenters. The van der Waals surface area contributed by atoms with E-state index in [9.17, 15) is 14.4 Å². The Balaban J connectivity index is 1.55. The van der Waals surface area contributed by atoms with Crippen molar-refractivity contribution >= 4 is 22.9 Å². The number of carbonyl (C=O) groups is 2. The number of hydrogen-bond acceptors (Lipinski definition) is 4. The first-order chi connectivity index (χ1) is 18.9. The van der Waals surface area contributed by atoms with Gasteiger partial charge in [-0.3, -0.25) is 9.59 Å². The van der Waals surface area contributed by atoms with E-state index in [0.29, 0.717) is 36.2 Å². The number of unbranched alkanes of at least 4 members (excludes halogenated alkanes) is 1. The standard InChI is InChI=1S/C32H35N3O4/c1-3-4-17-34(32(38)33-19-25-11-7-5-8-12-25)22-30(36)35(20-26-13-9-6-10-14-26)21-27-23-39-29-16-15-24(2)18-28(29)31(27)37/h5-16,18,23H,3-4,17,19-22H2,1-2H3,(H,33,38). The lowest BCUT2D eigenvalue weighted by Crippen LogP contribution is -2.46. The van der Waals surface area contributed by atoms with Crippen molar-refractivity contribution in [3.05, 3.63) is 118 Å². The lowest BCUT2D eigenvalue weighted by Gasteiger charge is -2.28. The molecule has 0 bridgehead atoms. The Hall–Kier alpha value is -4.39. The van der Waals surface area contributed by atoms with E-state index in [4.69, 9.17) is 4.42 Å². The first kappa shape index (κ1) is 27.6. The Labute approximate surface area is 229 Å². The lowest BCUT2D eigenvalue weighted by molar-refractivity contribution is -0.133. The second-order valence-corrected chi connectivity index (χ2v) is 9.74. The Morgan fingerprint density at radius 1 is 0.872 bits per heavy atom. The fourth-order valence-electron chi connectivity index (χ4n) is 4.39. The third-order valence-electron chi connectivity index (χ3n) is 6.61. The Morgan fingerprint density at radius 2 is 1.56 bits per heavy atom. The summed E-state index contributed by atoms with van der Waals surface area (Å²) in [6.45, 7) is 5.09. The minimum Gasteiger partial charge on any atom is -0.464 e. The fourth-order valence-corrected chi connectivity index (χ4v) is 4.39. The van der Waals surface area contributed by atoms with Crippen molar-refractivity contribution in [2.45, 2.75) is 46.3 Å². The molecule has 7 heteroatoms. The van der Waals surface area contributed by atoms with Gasteiger partial charge < -0.3 is 19.5 Å². The summed E-state index contributed by atoms with van der Waals surface area (Å²) in [4.78, 5) is 43.3. The predicted octanol–water partition coefficient (Wildman–Crippen LogP) is 5.64. The van der Waals surface area contributed by atoms with Crippen LogP contribution in [-0.4, -0.2) is 34.8 Å². The molecule has 0 radical (unpaired) electrons. The third-order valence-corrected chi connectivity index (χ3v) is 6.61. The molecule has 0 saturated carbocycles. The molecule has 39 heavy (non-hydrogen) atoms. The van der Waals surface area contributed by atoms with Crippen LogP contribution in [0.15, 0.2) is 94.3 Å². The summed E-state index contributed by atoms with van der Waals surface area (Å²) in [5.41, 5.74) is 3.62. The summed E-state index contributed by atoms with van der Waals surface area (Å²) in [7, 11) is 0. The van der Waals surface area contributed by atoms with Gasteiger partial charge in [-0.05, 0) is 36.6 Å². The van der Waals surface area contributed by atoms with E-state index in [2.05, 4.69) is 5.32 Å². The molecule has 3 amide bonds. The van der Waals surface area contributed by atoms with E-state index in [1.54, 1.807) is 21.9 Å². The molecule has 0 unspecified atom stereocenters. The van der Waals surface area contributed by atoms with Crippen LogP contribution < -0.4 is 10.7 Å². The molecule has 4 aromatic rings. The third kappa shape index (κ3) is 7.57. The number of amides is 3. The van der Waals surface area contributed by atoms with Gasteiger partial charge in [0.15, 0.2) is 5.43 Å². The van der Waals surface area contributed by atoms with E-state index in [0.717, 1.165) is 29.5 Å². The van der Waals surface area contributed by atoms with Crippen molar-refractivity contribution in [3.8, 4) is 0 Å². The van der Waals surface area contributed by atoms with Gasteiger partial charge in [-0.2, -0.15) is 0 Å². The zero-order valence-electron chi connectivity index (χ0n) is 22.6. The van der Waals surface area contributed by atoms with Crippen LogP contribution in [0.25, 0.3) is 11.0 Å². The molecule has 1 N–H and O–H groups in total. The molecule has 3 aromatic carbocycles. The van der Waals surface area contributed by atoms with Crippen LogP contribution in [0.2, 0.25) is 0 Å². The minimum absolute atomic E-state index is 0.0766. The molecule has 7 nitrogen and oxygen atoms in total. The normalized spacial score (nSPS) is 10.8. The number of rotatable bonds is 11. The van der Waals surface area contributed by atoms with Crippen molar-refractivity contribution < 1.29 is 14.0 Å². The maximum Gasteiger partial charge on any atom is 0.318 e. The van der Waals surface area contributed by atoms with E-state index in [1.807, 2.05) is 80.6 Å². The number of urea groups is 1. The fraction of sp³-hybridized carbons (Fsp3) is 0.281. The van der Waals surface area contributed by atoms with E-state index in [1.165, 1.54) is 6.26 Å². The molecule has 0 fully saturated rings. The molecule has 1 aromatic heterocycles. The Kier molecular flexibility index (Phi) is 9.51. The van der Waals surface area contributed by atoms with Crippen molar-refractivity contribution in [2.24, 2.45) is 0 Å². The molecular formula is C32H35N3O4. The van der Waals surface area contributed by atoms with Crippen LogP contribution in [0, 0.1) is 6.92 Å². The average Bonchev–Trinajstić information content (AvgIpc) is 2.96. The molecule has 0 aliphatic carbocycles. The summed E-state index contributed by atoms with van der Waals surface area (Å²) < 4.78 is 5.74. The maximum atomic E-state index is 13.7. The minimum atomic E-state index is -0.291. The average molecular weight is 526 g/mol. The number of hydrogen-bond donors (Lipinski definition) is 1. The van der Waals surface area contributed by atoms with Crippen LogP contribution in [0.1, 0.15) is 42.0 Å². The maximum absolute atomic E-state index is 13.7. The summed E-state index contributed by atoms with van der Waals surface area (Å²) >= 11 is 0. The van der Waals surface area contributed by atoms with Gasteiger partial charge in [0, 0.05) is 19.6 Å². The summed E-state index contributed by atoms with van der Waals surface area (Å²) in [6.07, 6.45) is 3.10. The van der Waals surface area contributed by atoms with E-state index < -0.39 is 0 Å². The lowest BCUT2D eigenvalue weighted by atomic mass is 10.1. The summed E-state index contributed by atoms with van der Waals surface area (Å²) in [6, 6.07) is 24.5. The number of fused-ring (bicyclic) bond motifs is 1. The van der Waals surface area contributed by atoms with Crippen molar-refractivity contribution in [1.82, 2.24) is 15.1 Å². The molecule has 0 aliphatic heterocycles. The highest BCUT2D eigenvalue weighted by atomic mass is 16.3. The van der Waals surface area contributed by atoms with Gasteiger partial charge in [-0.1, -0.05) is 85.6 Å². The quantitative estimate of drug-likeness (QED) is 0.275. The molecular weight excluding hydrogens is 490 g/mol. The van der Waals surface area contributed by atoms with E-state index in [-0.39, 0.29) is 30.5 Å². The largest absolute Gasteiger partial charge is 0.464 e. The highest BCUT2D eigenvalue weighted by molar-refractivity contribution is 5.84. The topological polar surface area (TPSA) is 82.9 Å². The van der Waals surface area contributed by atoms with Crippen LogP contribution in [0.5, 0.6) is 0 Å². The number of nitrogens with one attached hydrogen (secondary N) is 1. The van der Waals surface area contributed by atoms with Gasteiger partial charge in [0.05, 0.1) is 23.8 Å². The number of benzene rings is 3. The summed E-state index contributed by atoms with van der Waals surface area (Å²) in [5.74, 6) is -0.242.